The number of ether oxygens (including phenoxy) is 1. The van der Waals surface area contributed by atoms with E-state index in [1.165, 1.54) is 64.2 Å². The molecular formula is C51H79N3O6S. The van der Waals surface area contributed by atoms with Crippen molar-refractivity contribution in [3.63, 3.8) is 0 Å². The monoisotopic (exact) mass is 862 g/mol. The zero-order valence-corrected chi connectivity index (χ0v) is 39.8. The molecule has 2 N–H and O–H groups in total. The van der Waals surface area contributed by atoms with Crippen LogP contribution >= 0.6 is 0 Å². The van der Waals surface area contributed by atoms with E-state index < -0.39 is 27.3 Å². The second-order valence-corrected chi connectivity index (χ2v) is 26.3. The van der Waals surface area contributed by atoms with Crippen LogP contribution in [0.5, 0.6) is 0 Å². The Morgan fingerprint density at radius 3 is 2.10 bits per heavy atom. The Balaban J connectivity index is 0.873. The van der Waals surface area contributed by atoms with Crippen molar-refractivity contribution in [2.24, 2.45) is 73.9 Å². The Labute approximate surface area is 368 Å². The van der Waals surface area contributed by atoms with E-state index in [1.54, 1.807) is 4.31 Å². The molecule has 0 amide bonds. The van der Waals surface area contributed by atoms with Crippen LogP contribution in [0.15, 0.2) is 30.3 Å². The van der Waals surface area contributed by atoms with E-state index >= 15 is 0 Å². The molecule has 12 atom stereocenters. The SMILES string of the molecule is CC1([C@@H]2CC[C@]3(NCCN4CCN(S(=O)(=O)Cc5ccccc5)CC4)CC[C@]4(C)[C@H](CC[C@@H]5[C@@]6(C)CC[C@H](OC(=O)[C@H]7C[C@@H](C(=O)O)C7(C)C)C(C)(C)[C@@H]6CC[C@]54C)[C@@H]23)CC1. The number of carbonyl (C=O) groups excluding carboxylic acids is 1. The van der Waals surface area contributed by atoms with Gasteiger partial charge in [-0.25, -0.2) is 8.42 Å². The molecule has 7 aliphatic carbocycles. The molecule has 9 nitrogen and oxygen atoms in total. The molecule has 0 spiro atoms. The van der Waals surface area contributed by atoms with Crippen LogP contribution in [0.1, 0.15) is 144 Å². The summed E-state index contributed by atoms with van der Waals surface area (Å²) in [6.07, 6.45) is 15.2. The summed E-state index contributed by atoms with van der Waals surface area (Å²) in [4.78, 5) is 28.0. The molecule has 0 aromatic heterocycles. The van der Waals surface area contributed by atoms with Crippen LogP contribution in [0.25, 0.3) is 0 Å². The lowest BCUT2D eigenvalue weighted by Crippen LogP contribution is -2.69. The van der Waals surface area contributed by atoms with Gasteiger partial charge in [-0.3, -0.25) is 14.5 Å². The number of hydrogen-bond donors (Lipinski definition) is 2. The lowest BCUT2D eigenvalue weighted by molar-refractivity contribution is -0.249. The highest BCUT2D eigenvalue weighted by Gasteiger charge is 2.72. The molecule has 61 heavy (non-hydrogen) atoms. The third-order valence-corrected chi connectivity index (χ3v) is 23.1. The van der Waals surface area contributed by atoms with E-state index in [0.29, 0.717) is 48.6 Å². The molecule has 1 heterocycles. The largest absolute Gasteiger partial charge is 0.481 e. The molecule has 0 bridgehead atoms. The fourth-order valence-corrected chi connectivity index (χ4v) is 18.5. The average molecular weight is 862 g/mol. The van der Waals surface area contributed by atoms with Crippen LogP contribution in [0.3, 0.4) is 0 Å². The predicted molar refractivity (Wildman–Crippen MR) is 240 cm³/mol. The van der Waals surface area contributed by atoms with Crippen molar-refractivity contribution in [3.05, 3.63) is 35.9 Å². The summed E-state index contributed by atoms with van der Waals surface area (Å²) in [7, 11) is -3.33. The smallest absolute Gasteiger partial charge is 0.309 e. The lowest BCUT2D eigenvalue weighted by atomic mass is 9.32. The number of carboxylic acids is 1. The summed E-state index contributed by atoms with van der Waals surface area (Å²) in [5.41, 5.74) is 1.52. The molecule has 8 fully saturated rings. The van der Waals surface area contributed by atoms with E-state index in [2.05, 4.69) is 51.8 Å². The van der Waals surface area contributed by atoms with Gasteiger partial charge < -0.3 is 15.2 Å². The number of hydrogen-bond acceptors (Lipinski definition) is 7. The van der Waals surface area contributed by atoms with Crippen molar-refractivity contribution in [1.82, 2.24) is 14.5 Å². The molecule has 1 aromatic rings. The van der Waals surface area contributed by atoms with Gasteiger partial charge in [-0.1, -0.05) is 85.7 Å². The second kappa shape index (κ2) is 15.0. The number of carbonyl (C=O) groups is 2. The normalized spacial score (nSPS) is 43.7. The summed E-state index contributed by atoms with van der Waals surface area (Å²) in [5, 5.41) is 14.1. The average Bonchev–Trinajstić information content (AvgIpc) is 3.82. The van der Waals surface area contributed by atoms with E-state index in [0.717, 1.165) is 50.5 Å². The van der Waals surface area contributed by atoms with Gasteiger partial charge in [-0.2, -0.15) is 4.31 Å². The van der Waals surface area contributed by atoms with Crippen molar-refractivity contribution in [3.8, 4) is 0 Å². The first-order valence-electron chi connectivity index (χ1n) is 24.5. The van der Waals surface area contributed by atoms with Gasteiger partial charge >= 0.3 is 11.9 Å². The van der Waals surface area contributed by atoms with Crippen molar-refractivity contribution in [2.45, 2.75) is 156 Å². The van der Waals surface area contributed by atoms with Crippen molar-refractivity contribution < 1.29 is 27.9 Å². The topological polar surface area (TPSA) is 116 Å². The highest BCUT2D eigenvalue weighted by Crippen LogP contribution is 2.78. The highest BCUT2D eigenvalue weighted by molar-refractivity contribution is 7.88. The van der Waals surface area contributed by atoms with Crippen LogP contribution in [-0.4, -0.2) is 85.6 Å². The molecule has 10 heteroatoms. The number of sulfonamides is 1. The van der Waals surface area contributed by atoms with E-state index in [-0.39, 0.29) is 50.9 Å². The Morgan fingerprint density at radius 1 is 0.738 bits per heavy atom. The maximum absolute atomic E-state index is 13.7. The first kappa shape index (κ1) is 44.2. The third-order valence-electron chi connectivity index (χ3n) is 21.2. The highest BCUT2D eigenvalue weighted by atomic mass is 32.2. The first-order valence-corrected chi connectivity index (χ1v) is 26.1. The summed E-state index contributed by atoms with van der Waals surface area (Å²) in [6.45, 7) is 24.0. The summed E-state index contributed by atoms with van der Waals surface area (Å²) >= 11 is 0. The van der Waals surface area contributed by atoms with Gasteiger partial charge in [0.25, 0.3) is 0 Å². The van der Waals surface area contributed by atoms with Gasteiger partial charge in [0.05, 0.1) is 17.6 Å². The van der Waals surface area contributed by atoms with Crippen LogP contribution in [0, 0.1) is 73.9 Å². The van der Waals surface area contributed by atoms with Gasteiger partial charge in [0.1, 0.15) is 6.10 Å². The number of fused-ring (bicyclic) bond motifs is 7. The summed E-state index contributed by atoms with van der Waals surface area (Å²) < 4.78 is 34.7. The van der Waals surface area contributed by atoms with Crippen LogP contribution in [-0.2, 0) is 30.1 Å². The minimum atomic E-state index is -3.33. The fourth-order valence-electron chi connectivity index (χ4n) is 17.0. The van der Waals surface area contributed by atoms with Crippen molar-refractivity contribution in [1.29, 1.82) is 0 Å². The van der Waals surface area contributed by atoms with Crippen molar-refractivity contribution >= 4 is 22.0 Å². The number of nitrogens with one attached hydrogen (secondary N) is 1. The molecule has 1 saturated heterocycles. The zero-order valence-electron chi connectivity index (χ0n) is 38.9. The van der Waals surface area contributed by atoms with Gasteiger partial charge in [0, 0.05) is 50.2 Å². The number of carboxylic acid groups (broad SMARTS) is 1. The number of nitrogens with zero attached hydrogens (tertiary/aromatic N) is 2. The molecule has 1 aliphatic heterocycles. The maximum atomic E-state index is 13.7. The van der Waals surface area contributed by atoms with Gasteiger partial charge in [0.15, 0.2) is 0 Å². The molecule has 9 rings (SSSR count). The Morgan fingerprint density at radius 2 is 1.44 bits per heavy atom. The second-order valence-electron chi connectivity index (χ2n) is 24.3. The van der Waals surface area contributed by atoms with Gasteiger partial charge in [0.2, 0.25) is 10.0 Å². The Bertz CT molecular complexity index is 1960. The van der Waals surface area contributed by atoms with E-state index in [9.17, 15) is 23.1 Å². The van der Waals surface area contributed by atoms with Gasteiger partial charge in [-0.15, -0.1) is 0 Å². The number of benzene rings is 1. The fraction of sp³-hybridized carbons (Fsp3) is 0.843. The summed E-state index contributed by atoms with van der Waals surface area (Å²) in [5.74, 6) is 1.57. The summed E-state index contributed by atoms with van der Waals surface area (Å²) in [6, 6.07) is 9.56. The molecular weight excluding hydrogens is 783 g/mol. The third kappa shape index (κ3) is 6.93. The Hall–Kier alpha value is -2.01. The molecule has 7 saturated carbocycles. The number of aliphatic carboxylic acids is 1. The van der Waals surface area contributed by atoms with Crippen LogP contribution in [0.2, 0.25) is 0 Å². The molecule has 8 aliphatic rings. The van der Waals surface area contributed by atoms with Crippen LogP contribution < -0.4 is 5.32 Å². The molecule has 340 valence electrons. The van der Waals surface area contributed by atoms with Gasteiger partial charge in [-0.05, 0) is 146 Å². The van der Waals surface area contributed by atoms with E-state index in [4.69, 9.17) is 4.74 Å². The predicted octanol–water partition coefficient (Wildman–Crippen LogP) is 9.02. The van der Waals surface area contributed by atoms with E-state index in [1.807, 2.05) is 44.2 Å². The van der Waals surface area contributed by atoms with Crippen LogP contribution in [0.4, 0.5) is 0 Å². The molecule has 1 aromatic carbocycles. The lowest BCUT2D eigenvalue weighted by Gasteiger charge is -2.73. The van der Waals surface area contributed by atoms with Crippen molar-refractivity contribution in [2.75, 3.05) is 39.3 Å². The minimum absolute atomic E-state index is 0.0762. The quantitative estimate of drug-likeness (QED) is 0.212. The molecule has 0 unspecified atom stereocenters. The Kier molecular flexibility index (Phi) is 10.9. The maximum Gasteiger partial charge on any atom is 0.309 e. The standard InChI is InChI=1S/C51H79N3O6S/c1-45(2)37(43(55)56)32-38(45)44(57)60-41-18-19-48(6)39(46(41,3)4)17-20-50(8)40(48)15-14-36-42-35(47(5)22-23-47)16-21-51(42,25-24-49(36,50)7)52-26-27-53-28-30-54(31-29-53)61(58,59)33-34-12-10-9-11-13-34/h9-13,35-42,52H,14-33H2,1-8H3,(H,55,56)/t35-,36-,37+,38-,39+,40-,41+,42-,48+,49-,50-,51+/m1/s1. The number of esters is 1. The first-order chi connectivity index (χ1) is 28.6. The molecule has 0 radical (unpaired) electrons. The zero-order chi connectivity index (χ0) is 43.6. The minimum Gasteiger partial charge on any atom is -0.481 e. The number of piperazine rings is 1. The number of rotatable bonds is 11.